The number of nitrogens with zero attached hydrogens (tertiary/aromatic N) is 1. The number of likely N-dealkylation sites (N-methyl/N-ethyl adjacent to an activating group) is 1. The number of halogens is 1. The van der Waals surface area contributed by atoms with Gasteiger partial charge in [-0.1, -0.05) is 60.2 Å². The zero-order chi connectivity index (χ0) is 15.1. The van der Waals surface area contributed by atoms with Crippen LogP contribution in [0.15, 0.2) is 54.6 Å². The lowest BCUT2D eigenvalue weighted by Crippen LogP contribution is -2.44. The summed E-state index contributed by atoms with van der Waals surface area (Å²) in [6.07, 6.45) is 4.02. The van der Waals surface area contributed by atoms with Crippen molar-refractivity contribution in [3.8, 4) is 0 Å². The highest BCUT2D eigenvalue weighted by Crippen LogP contribution is 2.50. The molecule has 4 atom stereocenters. The molecule has 4 rings (SSSR count). The van der Waals surface area contributed by atoms with E-state index >= 15 is 0 Å². The smallest absolute Gasteiger partial charge is 0.0170 e. The van der Waals surface area contributed by atoms with Crippen LogP contribution in [0.5, 0.6) is 0 Å². The number of aryl methyl sites for hydroxylation is 1. The van der Waals surface area contributed by atoms with Crippen molar-refractivity contribution in [3.63, 3.8) is 0 Å². The van der Waals surface area contributed by atoms with Crippen LogP contribution in [-0.2, 0) is 0 Å². The van der Waals surface area contributed by atoms with E-state index in [2.05, 4.69) is 73.5 Å². The van der Waals surface area contributed by atoms with Crippen molar-refractivity contribution in [1.29, 1.82) is 0 Å². The van der Waals surface area contributed by atoms with Gasteiger partial charge in [0.2, 0.25) is 0 Å². The summed E-state index contributed by atoms with van der Waals surface area (Å²) >= 11 is 0. The Morgan fingerprint density at radius 3 is 2.26 bits per heavy atom. The number of benzene rings is 2. The highest BCUT2D eigenvalue weighted by Gasteiger charge is 2.46. The van der Waals surface area contributed by atoms with Gasteiger partial charge in [0.25, 0.3) is 0 Å². The van der Waals surface area contributed by atoms with Crippen molar-refractivity contribution in [3.05, 3.63) is 71.3 Å². The molecule has 2 heteroatoms. The average Bonchev–Trinajstić information content (AvgIpc) is 2.79. The van der Waals surface area contributed by atoms with Crippen LogP contribution in [-0.4, -0.2) is 24.0 Å². The van der Waals surface area contributed by atoms with Crippen molar-refractivity contribution in [2.45, 2.75) is 50.1 Å². The summed E-state index contributed by atoms with van der Waals surface area (Å²) in [5.74, 6) is 1.30. The molecule has 2 heterocycles. The first-order valence-corrected chi connectivity index (χ1v) is 8.57. The van der Waals surface area contributed by atoms with E-state index in [4.69, 9.17) is 0 Å². The predicted octanol–water partition coefficient (Wildman–Crippen LogP) is 5.15. The molecule has 0 aromatic heterocycles. The van der Waals surface area contributed by atoms with Gasteiger partial charge in [-0.2, -0.15) is 0 Å². The van der Waals surface area contributed by atoms with Gasteiger partial charge in [0.05, 0.1) is 0 Å². The second-order valence-electron chi connectivity index (χ2n) is 7.15. The minimum absolute atomic E-state index is 0. The third-order valence-electron chi connectivity index (χ3n) is 5.96. The van der Waals surface area contributed by atoms with Gasteiger partial charge < -0.3 is 0 Å². The van der Waals surface area contributed by atoms with Gasteiger partial charge in [-0.05, 0) is 50.3 Å². The minimum Gasteiger partial charge on any atom is -0.300 e. The topological polar surface area (TPSA) is 3.24 Å². The number of piperidine rings is 1. The normalized spacial score (nSPS) is 30.0. The van der Waals surface area contributed by atoms with E-state index in [0.29, 0.717) is 17.9 Å². The number of hydrogen-bond acceptors (Lipinski definition) is 1. The predicted molar refractivity (Wildman–Crippen MR) is 99.5 cm³/mol. The monoisotopic (exact) mass is 327 g/mol. The van der Waals surface area contributed by atoms with E-state index in [0.717, 1.165) is 6.04 Å². The SMILES string of the molecule is Cc1ccc([C@@H]2C[C@@H]3CC[C@H]([C@@H]2c2ccccc2)N3C)cc1.Cl. The molecule has 2 saturated heterocycles. The maximum Gasteiger partial charge on any atom is 0.0170 e. The molecule has 2 aromatic rings. The van der Waals surface area contributed by atoms with Gasteiger partial charge in [-0.3, -0.25) is 4.90 Å². The molecule has 2 aliphatic heterocycles. The second kappa shape index (κ2) is 6.67. The summed E-state index contributed by atoms with van der Waals surface area (Å²) in [5.41, 5.74) is 4.41. The Morgan fingerprint density at radius 2 is 1.57 bits per heavy atom. The summed E-state index contributed by atoms with van der Waals surface area (Å²) in [4.78, 5) is 2.66. The highest BCUT2D eigenvalue weighted by molar-refractivity contribution is 5.85. The van der Waals surface area contributed by atoms with Gasteiger partial charge in [-0.15, -0.1) is 12.4 Å². The maximum atomic E-state index is 2.66. The van der Waals surface area contributed by atoms with Gasteiger partial charge in [0, 0.05) is 18.0 Å². The number of fused-ring (bicyclic) bond motifs is 2. The molecule has 0 radical (unpaired) electrons. The van der Waals surface area contributed by atoms with Gasteiger partial charge in [0.15, 0.2) is 0 Å². The molecular weight excluding hydrogens is 302 g/mol. The maximum absolute atomic E-state index is 2.66. The van der Waals surface area contributed by atoms with Crippen molar-refractivity contribution in [2.24, 2.45) is 0 Å². The molecule has 1 nitrogen and oxygen atoms in total. The van der Waals surface area contributed by atoms with Crippen LogP contribution in [0, 0.1) is 6.92 Å². The molecule has 0 saturated carbocycles. The Balaban J connectivity index is 0.00000156. The molecule has 0 amide bonds. The summed E-state index contributed by atoms with van der Waals surface area (Å²) in [6.45, 7) is 2.18. The fourth-order valence-corrected chi connectivity index (χ4v) is 4.75. The van der Waals surface area contributed by atoms with Crippen LogP contribution in [0.2, 0.25) is 0 Å². The van der Waals surface area contributed by atoms with Crippen molar-refractivity contribution in [2.75, 3.05) is 7.05 Å². The third-order valence-corrected chi connectivity index (χ3v) is 5.96. The fraction of sp³-hybridized carbons (Fsp3) is 0.429. The standard InChI is InChI=1S/C21H25N.ClH/c1-15-8-10-16(11-9-15)19-14-18-12-13-20(22(18)2)21(19)17-6-4-3-5-7-17;/h3-11,18-21H,12-14H2,1-2H3;1H/t18-,19-,20+,21+;/m0./s1. The Morgan fingerprint density at radius 1 is 0.870 bits per heavy atom. The van der Waals surface area contributed by atoms with E-state index in [9.17, 15) is 0 Å². The lowest BCUT2D eigenvalue weighted by Gasteiger charge is -2.43. The molecule has 23 heavy (non-hydrogen) atoms. The first-order valence-electron chi connectivity index (χ1n) is 8.57. The molecule has 2 aliphatic rings. The molecule has 0 unspecified atom stereocenters. The fourth-order valence-electron chi connectivity index (χ4n) is 4.75. The van der Waals surface area contributed by atoms with Crippen LogP contribution >= 0.6 is 12.4 Å². The molecule has 2 aromatic carbocycles. The summed E-state index contributed by atoms with van der Waals surface area (Å²) in [5, 5.41) is 0. The molecule has 0 N–H and O–H groups in total. The highest BCUT2D eigenvalue weighted by atomic mass is 35.5. The van der Waals surface area contributed by atoms with E-state index in [1.165, 1.54) is 36.0 Å². The second-order valence-corrected chi connectivity index (χ2v) is 7.15. The average molecular weight is 328 g/mol. The molecule has 2 fully saturated rings. The van der Waals surface area contributed by atoms with Crippen LogP contribution in [0.1, 0.15) is 47.8 Å². The summed E-state index contributed by atoms with van der Waals surface area (Å²) in [6, 6.07) is 21.9. The van der Waals surface area contributed by atoms with E-state index in [1.54, 1.807) is 0 Å². The molecule has 0 aliphatic carbocycles. The van der Waals surface area contributed by atoms with Crippen molar-refractivity contribution >= 4 is 12.4 Å². The van der Waals surface area contributed by atoms with E-state index in [1.807, 2.05) is 0 Å². The Hall–Kier alpha value is -1.31. The Labute approximate surface area is 146 Å². The Kier molecular flexibility index (Phi) is 4.79. The molecule has 2 bridgehead atoms. The van der Waals surface area contributed by atoms with Crippen LogP contribution in [0.25, 0.3) is 0 Å². The summed E-state index contributed by atoms with van der Waals surface area (Å²) in [7, 11) is 2.34. The number of hydrogen-bond donors (Lipinski definition) is 0. The van der Waals surface area contributed by atoms with Crippen LogP contribution < -0.4 is 0 Å². The van der Waals surface area contributed by atoms with E-state index in [-0.39, 0.29) is 12.4 Å². The Bertz CT molecular complexity index is 637. The number of rotatable bonds is 2. The molecule has 122 valence electrons. The van der Waals surface area contributed by atoms with E-state index < -0.39 is 0 Å². The molecule has 0 spiro atoms. The van der Waals surface area contributed by atoms with Crippen LogP contribution in [0.4, 0.5) is 0 Å². The zero-order valence-electron chi connectivity index (χ0n) is 14.0. The van der Waals surface area contributed by atoms with Crippen molar-refractivity contribution in [1.82, 2.24) is 4.90 Å². The van der Waals surface area contributed by atoms with Gasteiger partial charge in [0.1, 0.15) is 0 Å². The minimum atomic E-state index is 0. The third kappa shape index (κ3) is 2.93. The first kappa shape index (κ1) is 16.5. The largest absolute Gasteiger partial charge is 0.300 e. The van der Waals surface area contributed by atoms with Crippen molar-refractivity contribution < 1.29 is 0 Å². The quantitative estimate of drug-likeness (QED) is 0.737. The first-order chi connectivity index (χ1) is 10.7. The van der Waals surface area contributed by atoms with Gasteiger partial charge in [-0.25, -0.2) is 0 Å². The lowest BCUT2D eigenvalue weighted by molar-refractivity contribution is 0.137. The molecular formula is C21H26ClN. The zero-order valence-corrected chi connectivity index (χ0v) is 14.8. The van der Waals surface area contributed by atoms with Crippen LogP contribution in [0.3, 0.4) is 0 Å². The van der Waals surface area contributed by atoms with Gasteiger partial charge >= 0.3 is 0 Å². The lowest BCUT2D eigenvalue weighted by atomic mass is 9.73. The summed E-state index contributed by atoms with van der Waals surface area (Å²) < 4.78 is 0.